The van der Waals surface area contributed by atoms with Crippen molar-refractivity contribution < 1.29 is 9.59 Å². The summed E-state index contributed by atoms with van der Waals surface area (Å²) in [6, 6.07) is 5.27. The van der Waals surface area contributed by atoms with Crippen LogP contribution in [-0.2, 0) is 0 Å². The topological polar surface area (TPSA) is 49.4 Å². The summed E-state index contributed by atoms with van der Waals surface area (Å²) in [7, 11) is 0. The van der Waals surface area contributed by atoms with Crippen molar-refractivity contribution in [1.82, 2.24) is 10.4 Å². The highest BCUT2D eigenvalue weighted by molar-refractivity contribution is 6.21. The first kappa shape index (κ1) is 9.86. The Bertz CT molecular complexity index is 440. The van der Waals surface area contributed by atoms with E-state index in [0.717, 1.165) is 10.6 Å². The molecule has 2 amide bonds. The molecule has 0 saturated carbocycles. The Morgan fingerprint density at radius 3 is 2.53 bits per heavy atom. The average Bonchev–Trinajstić information content (AvgIpc) is 2.44. The normalized spacial score (nSPS) is 14.7. The highest BCUT2D eigenvalue weighted by Gasteiger charge is 2.35. The first-order valence-corrected chi connectivity index (χ1v) is 4.88. The molecule has 0 unspecified atom stereocenters. The van der Waals surface area contributed by atoms with Gasteiger partial charge in [-0.1, -0.05) is 18.6 Å². The monoisotopic (exact) mass is 204 g/mol. The standard InChI is InChI=1S/C11H12N2O2/c1-3-12-13-10(14)8-5-4-7(2)6-9(8)11(13)15/h4-6,12H,3H2,1-2H3. The van der Waals surface area contributed by atoms with Gasteiger partial charge >= 0.3 is 0 Å². The van der Waals surface area contributed by atoms with Crippen molar-refractivity contribution >= 4 is 11.8 Å². The minimum absolute atomic E-state index is 0.263. The second kappa shape index (κ2) is 3.47. The average molecular weight is 204 g/mol. The Morgan fingerprint density at radius 2 is 1.87 bits per heavy atom. The summed E-state index contributed by atoms with van der Waals surface area (Å²) in [5.74, 6) is -0.530. The lowest BCUT2D eigenvalue weighted by Crippen LogP contribution is -2.42. The Hall–Kier alpha value is -1.68. The molecule has 0 aliphatic carbocycles. The number of carbonyl (C=O) groups is 2. The van der Waals surface area contributed by atoms with Gasteiger partial charge in [0.25, 0.3) is 11.8 Å². The maximum Gasteiger partial charge on any atom is 0.276 e. The quantitative estimate of drug-likeness (QED) is 0.734. The molecular formula is C11H12N2O2. The minimum atomic E-state index is -0.267. The second-order valence-electron chi connectivity index (χ2n) is 3.51. The fourth-order valence-corrected chi connectivity index (χ4v) is 1.66. The van der Waals surface area contributed by atoms with E-state index in [1.807, 2.05) is 19.9 Å². The number of hydrogen-bond donors (Lipinski definition) is 1. The van der Waals surface area contributed by atoms with Gasteiger partial charge in [-0.15, -0.1) is 0 Å². The van der Waals surface area contributed by atoms with Gasteiger partial charge in [-0.05, 0) is 19.1 Å². The molecular weight excluding hydrogens is 192 g/mol. The highest BCUT2D eigenvalue weighted by Crippen LogP contribution is 2.22. The van der Waals surface area contributed by atoms with Crippen LogP contribution in [0.1, 0.15) is 33.2 Å². The van der Waals surface area contributed by atoms with Crippen LogP contribution in [0.2, 0.25) is 0 Å². The number of amides is 2. The molecule has 0 aromatic heterocycles. The molecule has 4 heteroatoms. The zero-order valence-electron chi connectivity index (χ0n) is 8.70. The summed E-state index contributed by atoms with van der Waals surface area (Å²) in [5.41, 5.74) is 4.69. The summed E-state index contributed by atoms with van der Waals surface area (Å²) < 4.78 is 0. The largest absolute Gasteiger partial charge is 0.276 e. The van der Waals surface area contributed by atoms with Gasteiger partial charge < -0.3 is 0 Å². The smallest absolute Gasteiger partial charge is 0.267 e. The number of hydrazine groups is 1. The Labute approximate surface area is 87.9 Å². The molecule has 1 aromatic rings. The van der Waals surface area contributed by atoms with Gasteiger partial charge in [0.15, 0.2) is 0 Å². The van der Waals surface area contributed by atoms with E-state index in [-0.39, 0.29) is 11.8 Å². The van der Waals surface area contributed by atoms with Gasteiger partial charge in [0.05, 0.1) is 11.1 Å². The van der Waals surface area contributed by atoms with Gasteiger partial charge in [0.2, 0.25) is 0 Å². The van der Waals surface area contributed by atoms with Crippen LogP contribution in [0.3, 0.4) is 0 Å². The van der Waals surface area contributed by atoms with Gasteiger partial charge in [-0.25, -0.2) is 10.4 Å². The summed E-state index contributed by atoms with van der Waals surface area (Å²) >= 11 is 0. The van der Waals surface area contributed by atoms with Gasteiger partial charge in [-0.3, -0.25) is 9.59 Å². The number of hydrogen-bond acceptors (Lipinski definition) is 3. The second-order valence-corrected chi connectivity index (χ2v) is 3.51. The van der Waals surface area contributed by atoms with Crippen LogP contribution in [0.5, 0.6) is 0 Å². The number of rotatable bonds is 2. The summed E-state index contributed by atoms with van der Waals surface area (Å²) in [5, 5.41) is 1.07. The lowest BCUT2D eigenvalue weighted by molar-refractivity contribution is 0.0571. The number of imide groups is 1. The van der Waals surface area contributed by atoms with Crippen molar-refractivity contribution in [1.29, 1.82) is 0 Å². The Morgan fingerprint density at radius 1 is 1.20 bits per heavy atom. The fourth-order valence-electron chi connectivity index (χ4n) is 1.66. The van der Waals surface area contributed by atoms with E-state index in [2.05, 4.69) is 5.43 Å². The van der Waals surface area contributed by atoms with E-state index in [1.165, 1.54) is 0 Å². The minimum Gasteiger partial charge on any atom is -0.267 e. The molecule has 78 valence electrons. The molecule has 0 bridgehead atoms. The zero-order chi connectivity index (χ0) is 11.0. The van der Waals surface area contributed by atoms with Crippen LogP contribution >= 0.6 is 0 Å². The lowest BCUT2D eigenvalue weighted by atomic mass is 10.1. The third-order valence-corrected chi connectivity index (χ3v) is 2.36. The fraction of sp³-hybridized carbons (Fsp3) is 0.273. The number of aryl methyl sites for hydroxylation is 1. The Balaban J connectivity index is 2.46. The molecule has 0 fully saturated rings. The van der Waals surface area contributed by atoms with Crippen molar-refractivity contribution in [2.45, 2.75) is 13.8 Å². The molecule has 0 radical (unpaired) electrons. The van der Waals surface area contributed by atoms with E-state index in [0.29, 0.717) is 17.7 Å². The van der Waals surface area contributed by atoms with Crippen molar-refractivity contribution in [2.75, 3.05) is 6.54 Å². The van der Waals surface area contributed by atoms with E-state index < -0.39 is 0 Å². The molecule has 1 heterocycles. The van der Waals surface area contributed by atoms with Crippen molar-refractivity contribution in [3.05, 3.63) is 34.9 Å². The van der Waals surface area contributed by atoms with Gasteiger partial charge in [-0.2, -0.15) is 0 Å². The van der Waals surface area contributed by atoms with Gasteiger partial charge in [0.1, 0.15) is 0 Å². The number of carbonyl (C=O) groups excluding carboxylic acids is 2. The van der Waals surface area contributed by atoms with Crippen LogP contribution in [-0.4, -0.2) is 23.4 Å². The van der Waals surface area contributed by atoms with E-state index in [9.17, 15) is 9.59 Å². The molecule has 4 nitrogen and oxygen atoms in total. The number of fused-ring (bicyclic) bond motifs is 1. The molecule has 1 aromatic carbocycles. The SMILES string of the molecule is CCNN1C(=O)c2ccc(C)cc2C1=O. The maximum absolute atomic E-state index is 11.8. The van der Waals surface area contributed by atoms with Crippen LogP contribution < -0.4 is 5.43 Å². The molecule has 0 spiro atoms. The Kier molecular flexibility index (Phi) is 2.28. The van der Waals surface area contributed by atoms with Crippen LogP contribution in [0.4, 0.5) is 0 Å². The van der Waals surface area contributed by atoms with Crippen LogP contribution in [0.25, 0.3) is 0 Å². The van der Waals surface area contributed by atoms with E-state index in [4.69, 9.17) is 0 Å². The predicted molar refractivity (Wildman–Crippen MR) is 55.4 cm³/mol. The van der Waals surface area contributed by atoms with E-state index >= 15 is 0 Å². The number of benzene rings is 1. The van der Waals surface area contributed by atoms with Gasteiger partial charge in [0, 0.05) is 6.54 Å². The molecule has 1 aliphatic heterocycles. The molecule has 0 atom stereocenters. The molecule has 1 aliphatic rings. The molecule has 1 N–H and O–H groups in total. The number of nitrogens with zero attached hydrogens (tertiary/aromatic N) is 1. The first-order valence-electron chi connectivity index (χ1n) is 4.88. The molecule has 0 saturated heterocycles. The maximum atomic E-state index is 11.8. The summed E-state index contributed by atoms with van der Waals surface area (Å²) in [4.78, 5) is 23.5. The first-order chi connectivity index (χ1) is 7.15. The third kappa shape index (κ3) is 1.43. The number of nitrogens with one attached hydrogen (secondary N) is 1. The summed E-state index contributed by atoms with van der Waals surface area (Å²) in [6.45, 7) is 4.28. The van der Waals surface area contributed by atoms with Crippen LogP contribution in [0, 0.1) is 6.92 Å². The predicted octanol–water partition coefficient (Wildman–Crippen LogP) is 1.12. The van der Waals surface area contributed by atoms with Crippen molar-refractivity contribution in [2.24, 2.45) is 0 Å². The highest BCUT2D eigenvalue weighted by atomic mass is 16.2. The van der Waals surface area contributed by atoms with Crippen LogP contribution in [0.15, 0.2) is 18.2 Å². The van der Waals surface area contributed by atoms with Crippen molar-refractivity contribution in [3.8, 4) is 0 Å². The van der Waals surface area contributed by atoms with Crippen molar-refractivity contribution in [3.63, 3.8) is 0 Å². The third-order valence-electron chi connectivity index (χ3n) is 2.36. The molecule has 2 rings (SSSR count). The lowest BCUT2D eigenvalue weighted by Gasteiger charge is -2.12. The molecule has 15 heavy (non-hydrogen) atoms. The summed E-state index contributed by atoms with van der Waals surface area (Å²) in [6.07, 6.45) is 0. The zero-order valence-corrected chi connectivity index (χ0v) is 8.70. The van der Waals surface area contributed by atoms with E-state index in [1.54, 1.807) is 12.1 Å².